The number of amides is 3. The summed E-state index contributed by atoms with van der Waals surface area (Å²) in [7, 11) is 0. The second kappa shape index (κ2) is 7.02. The summed E-state index contributed by atoms with van der Waals surface area (Å²) in [5.41, 5.74) is 2.51. The van der Waals surface area contributed by atoms with Crippen molar-refractivity contribution in [3.63, 3.8) is 0 Å². The summed E-state index contributed by atoms with van der Waals surface area (Å²) >= 11 is 0. The molecule has 0 spiro atoms. The zero-order chi connectivity index (χ0) is 18.8. The van der Waals surface area contributed by atoms with E-state index in [1.54, 1.807) is 11.1 Å². The third kappa shape index (κ3) is 3.19. The number of aromatic amines is 1. The molecule has 2 atom stereocenters. The van der Waals surface area contributed by atoms with Gasteiger partial charge in [0.15, 0.2) is 0 Å². The molecule has 10 heteroatoms. The van der Waals surface area contributed by atoms with Crippen LogP contribution in [0.1, 0.15) is 28.9 Å². The highest BCUT2D eigenvalue weighted by atomic mass is 16.7. The molecule has 2 aliphatic heterocycles. The second-order valence-electron chi connectivity index (χ2n) is 6.11. The van der Waals surface area contributed by atoms with Gasteiger partial charge in [-0.25, -0.2) is 14.6 Å². The molecule has 0 saturated carbocycles. The number of nitrogens with zero attached hydrogens (tertiary/aromatic N) is 5. The lowest BCUT2D eigenvalue weighted by Gasteiger charge is -2.27. The summed E-state index contributed by atoms with van der Waals surface area (Å²) in [6, 6.07) is 10.7. The van der Waals surface area contributed by atoms with E-state index in [1.165, 1.54) is 5.06 Å². The van der Waals surface area contributed by atoms with Gasteiger partial charge in [0.1, 0.15) is 18.7 Å². The predicted molar refractivity (Wildman–Crippen MR) is 92.0 cm³/mol. The average molecular weight is 368 g/mol. The third-order valence-electron chi connectivity index (χ3n) is 4.53. The smallest absolute Gasteiger partial charge is 0.440 e. The van der Waals surface area contributed by atoms with Crippen LogP contribution in [0, 0.1) is 0 Å². The van der Waals surface area contributed by atoms with E-state index >= 15 is 0 Å². The van der Waals surface area contributed by atoms with E-state index in [0.717, 1.165) is 11.1 Å². The second-order valence-corrected chi connectivity index (χ2v) is 6.11. The molecule has 2 aromatic rings. The van der Waals surface area contributed by atoms with Crippen LogP contribution in [0.5, 0.6) is 0 Å². The summed E-state index contributed by atoms with van der Waals surface area (Å²) < 4.78 is 0. The molecule has 27 heavy (non-hydrogen) atoms. The number of hydrogen-bond acceptors (Lipinski definition) is 5. The average Bonchev–Trinajstić information content (AvgIpc) is 3.25. The van der Waals surface area contributed by atoms with Crippen LogP contribution in [0.2, 0.25) is 0 Å². The van der Waals surface area contributed by atoms with E-state index in [-0.39, 0.29) is 25.2 Å². The van der Waals surface area contributed by atoms with E-state index in [9.17, 15) is 9.59 Å². The summed E-state index contributed by atoms with van der Waals surface area (Å²) in [6.45, 7) is 0.828. The molecular weight excluding hydrogens is 352 g/mol. The van der Waals surface area contributed by atoms with Gasteiger partial charge in [0, 0.05) is 11.8 Å². The molecule has 1 fully saturated rings. The number of hydrogen-bond donors (Lipinski definition) is 2. The van der Waals surface area contributed by atoms with Crippen molar-refractivity contribution in [3.8, 4) is 0 Å². The molecule has 1 aromatic heterocycles. The third-order valence-corrected chi connectivity index (χ3v) is 4.53. The van der Waals surface area contributed by atoms with Crippen molar-refractivity contribution in [2.24, 2.45) is 9.98 Å². The topological polar surface area (TPSA) is 123 Å². The van der Waals surface area contributed by atoms with Gasteiger partial charge < -0.3 is 10.0 Å². The molecule has 1 aromatic carbocycles. The normalized spacial score (nSPS) is 20.2. The van der Waals surface area contributed by atoms with Gasteiger partial charge in [-0.15, -0.1) is 4.99 Å². The van der Waals surface area contributed by atoms with Crippen molar-refractivity contribution in [1.82, 2.24) is 20.2 Å². The van der Waals surface area contributed by atoms with Gasteiger partial charge in [0.2, 0.25) is 0 Å². The van der Waals surface area contributed by atoms with Gasteiger partial charge in [0.05, 0.1) is 24.8 Å². The number of nitrogens with one attached hydrogen (secondary N) is 1. The molecule has 10 nitrogen and oxygen atoms in total. The number of urea groups is 1. The largest absolute Gasteiger partial charge is 0.463 e. The van der Waals surface area contributed by atoms with Gasteiger partial charge in [0.25, 0.3) is 0 Å². The van der Waals surface area contributed by atoms with Crippen LogP contribution in [0.3, 0.4) is 0 Å². The number of carbonyl (C=O) groups is 2. The van der Waals surface area contributed by atoms with Crippen LogP contribution in [-0.2, 0) is 11.4 Å². The Hall–Kier alpha value is -3.49. The van der Waals surface area contributed by atoms with Crippen molar-refractivity contribution in [2.45, 2.75) is 18.7 Å². The fourth-order valence-electron chi connectivity index (χ4n) is 3.33. The molecule has 2 aliphatic rings. The van der Waals surface area contributed by atoms with E-state index < -0.39 is 12.1 Å². The van der Waals surface area contributed by atoms with E-state index in [2.05, 4.69) is 26.2 Å². The lowest BCUT2D eigenvalue weighted by molar-refractivity contribution is -0.141. The van der Waals surface area contributed by atoms with Gasteiger partial charge in [-0.1, -0.05) is 30.3 Å². The SMILES string of the molecule is O=C(O)N=C=NCC1c2n[nH]cc2C2CN1C(=O)N2OCc1ccccc1. The lowest BCUT2D eigenvalue weighted by atomic mass is 9.98. The molecule has 4 rings (SSSR count). The van der Waals surface area contributed by atoms with Crippen molar-refractivity contribution >= 4 is 18.1 Å². The first kappa shape index (κ1) is 17.0. The number of aliphatic imine (C=N–C) groups is 2. The van der Waals surface area contributed by atoms with Crippen LogP contribution in [0.15, 0.2) is 46.5 Å². The molecule has 2 unspecified atom stereocenters. The number of hydroxylamine groups is 2. The Morgan fingerprint density at radius 1 is 1.41 bits per heavy atom. The van der Waals surface area contributed by atoms with Gasteiger partial charge in [-0.2, -0.15) is 10.2 Å². The maximum atomic E-state index is 12.8. The minimum atomic E-state index is -1.37. The van der Waals surface area contributed by atoms with Crippen LogP contribution in [-0.4, -0.2) is 56.5 Å². The molecule has 0 aliphatic carbocycles. The van der Waals surface area contributed by atoms with E-state index in [0.29, 0.717) is 12.2 Å². The molecule has 0 radical (unpaired) electrons. The Morgan fingerprint density at radius 3 is 3.00 bits per heavy atom. The first-order valence-corrected chi connectivity index (χ1v) is 8.30. The Balaban J connectivity index is 1.54. The standard InChI is InChI=1S/C17H16N6O4/c24-16(25)19-10-18-7-13-15-12(6-20-21-15)14-8-22(13)17(26)23(14)27-9-11-4-2-1-3-5-11/h1-6,13-14H,7-9H2,(H,20,21)(H,24,25). The molecule has 2 N–H and O–H groups in total. The summed E-state index contributed by atoms with van der Waals surface area (Å²) in [5, 5.41) is 17.0. The van der Waals surface area contributed by atoms with Crippen molar-refractivity contribution in [3.05, 3.63) is 53.3 Å². The number of carbonyl (C=O) groups excluding carboxylic acids is 1. The van der Waals surface area contributed by atoms with Crippen molar-refractivity contribution in [2.75, 3.05) is 13.1 Å². The minimum Gasteiger partial charge on any atom is -0.463 e. The minimum absolute atomic E-state index is 0.111. The quantitative estimate of drug-likeness (QED) is 0.783. The van der Waals surface area contributed by atoms with Gasteiger partial charge in [-0.3, -0.25) is 9.94 Å². The van der Waals surface area contributed by atoms with Gasteiger partial charge >= 0.3 is 12.1 Å². The van der Waals surface area contributed by atoms with E-state index in [4.69, 9.17) is 9.94 Å². The van der Waals surface area contributed by atoms with Crippen LogP contribution < -0.4 is 0 Å². The molecule has 1 saturated heterocycles. The fraction of sp³-hybridized carbons (Fsp3) is 0.294. The highest BCUT2D eigenvalue weighted by molar-refractivity contribution is 5.78. The predicted octanol–water partition coefficient (Wildman–Crippen LogP) is 2.23. The van der Waals surface area contributed by atoms with E-state index in [1.807, 2.05) is 30.3 Å². The highest BCUT2D eigenvalue weighted by Crippen LogP contribution is 2.43. The van der Waals surface area contributed by atoms with Crippen LogP contribution in [0.25, 0.3) is 0 Å². The van der Waals surface area contributed by atoms with Crippen LogP contribution in [0.4, 0.5) is 9.59 Å². The highest BCUT2D eigenvalue weighted by Gasteiger charge is 2.49. The maximum Gasteiger partial charge on any atom is 0.440 e. The summed E-state index contributed by atoms with van der Waals surface area (Å²) in [6.07, 6.45) is 0.372. The number of benzene rings is 1. The van der Waals surface area contributed by atoms with Crippen LogP contribution >= 0.6 is 0 Å². The molecule has 2 bridgehead atoms. The molecule has 138 valence electrons. The zero-order valence-electron chi connectivity index (χ0n) is 14.1. The van der Waals surface area contributed by atoms with Gasteiger partial charge in [-0.05, 0) is 5.56 Å². The number of H-pyrrole nitrogens is 1. The van der Waals surface area contributed by atoms with Crippen molar-refractivity contribution < 1.29 is 19.5 Å². The van der Waals surface area contributed by atoms with Crippen molar-refractivity contribution in [1.29, 1.82) is 0 Å². The maximum absolute atomic E-state index is 12.8. The first-order valence-electron chi connectivity index (χ1n) is 8.30. The number of aromatic nitrogens is 2. The monoisotopic (exact) mass is 368 g/mol. The number of carboxylic acid groups (broad SMARTS) is 1. The Morgan fingerprint density at radius 2 is 2.22 bits per heavy atom. The lowest BCUT2D eigenvalue weighted by Crippen LogP contribution is -2.35. The molecule has 3 amide bonds. The first-order chi connectivity index (χ1) is 13.1. The number of rotatable bonds is 5. The summed E-state index contributed by atoms with van der Waals surface area (Å²) in [4.78, 5) is 37.6. The molecular formula is C17H16N6O4. The zero-order valence-corrected chi connectivity index (χ0v) is 14.1. The number of fused-ring (bicyclic) bond motifs is 4. The Labute approximate surface area is 153 Å². The Kier molecular flexibility index (Phi) is 4.41. The summed E-state index contributed by atoms with van der Waals surface area (Å²) in [5.74, 6) is 0. The fourth-order valence-corrected chi connectivity index (χ4v) is 3.33. The molecule has 3 heterocycles. The Bertz CT molecular complexity index is 921.